The zero-order valence-corrected chi connectivity index (χ0v) is 6.83. The molecular formula is C10H13N. The molecule has 58 valence electrons. The summed E-state index contributed by atoms with van der Waals surface area (Å²) >= 11 is 0. The van der Waals surface area contributed by atoms with E-state index >= 15 is 0 Å². The molecule has 2 rings (SSSR count). The maximum absolute atomic E-state index is 2.43. The van der Waals surface area contributed by atoms with Gasteiger partial charge in [0, 0.05) is 18.3 Å². The minimum Gasteiger partial charge on any atom is -0.369 e. The van der Waals surface area contributed by atoms with Crippen LogP contribution < -0.4 is 4.90 Å². The Bertz CT molecular complexity index is 230. The Morgan fingerprint density at radius 3 is 2.45 bits per heavy atom. The molecule has 1 atom stereocenters. The van der Waals surface area contributed by atoms with Gasteiger partial charge < -0.3 is 4.90 Å². The van der Waals surface area contributed by atoms with Crippen LogP contribution >= 0.6 is 0 Å². The number of rotatable bonds is 1. The Hall–Kier alpha value is -0.980. The van der Waals surface area contributed by atoms with Gasteiger partial charge in [0.15, 0.2) is 0 Å². The average molecular weight is 147 g/mol. The number of para-hydroxylation sites is 1. The second kappa shape index (κ2) is 2.57. The molecule has 1 aromatic carbocycles. The molecule has 1 aliphatic rings. The molecule has 0 spiro atoms. The first-order valence-corrected chi connectivity index (χ1v) is 4.19. The predicted molar refractivity (Wildman–Crippen MR) is 47.9 cm³/mol. The molecule has 0 bridgehead atoms. The van der Waals surface area contributed by atoms with Gasteiger partial charge in [-0.1, -0.05) is 18.2 Å². The van der Waals surface area contributed by atoms with Crippen molar-refractivity contribution in [3.05, 3.63) is 30.3 Å². The quantitative estimate of drug-likeness (QED) is 0.589. The number of hydrogen-bond donors (Lipinski definition) is 0. The van der Waals surface area contributed by atoms with Crippen LogP contribution in [0.2, 0.25) is 0 Å². The van der Waals surface area contributed by atoms with Crippen LogP contribution in [0.25, 0.3) is 0 Å². The van der Waals surface area contributed by atoms with Crippen LogP contribution in [-0.2, 0) is 0 Å². The van der Waals surface area contributed by atoms with E-state index < -0.39 is 0 Å². The van der Waals surface area contributed by atoms with Gasteiger partial charge in [-0.05, 0) is 25.5 Å². The SMILES string of the molecule is C[C@H]1CCN1c1ccccc1. The molecule has 0 saturated carbocycles. The highest BCUT2D eigenvalue weighted by Crippen LogP contribution is 2.24. The lowest BCUT2D eigenvalue weighted by atomic mass is 10.0. The van der Waals surface area contributed by atoms with Gasteiger partial charge in [0.05, 0.1) is 0 Å². The highest BCUT2D eigenvalue weighted by Gasteiger charge is 2.22. The van der Waals surface area contributed by atoms with Gasteiger partial charge in [0.1, 0.15) is 0 Å². The van der Waals surface area contributed by atoms with Crippen LogP contribution in [0.5, 0.6) is 0 Å². The summed E-state index contributed by atoms with van der Waals surface area (Å²) in [6.07, 6.45) is 1.34. The highest BCUT2D eigenvalue weighted by molar-refractivity contribution is 5.49. The molecule has 1 fully saturated rings. The number of benzene rings is 1. The smallest absolute Gasteiger partial charge is 0.0368 e. The van der Waals surface area contributed by atoms with Gasteiger partial charge in [-0.25, -0.2) is 0 Å². The molecular weight excluding hydrogens is 134 g/mol. The third-order valence-electron chi connectivity index (χ3n) is 2.41. The summed E-state index contributed by atoms with van der Waals surface area (Å²) in [6.45, 7) is 3.50. The van der Waals surface area contributed by atoms with E-state index in [0.717, 1.165) is 6.04 Å². The van der Waals surface area contributed by atoms with Crippen molar-refractivity contribution in [3.63, 3.8) is 0 Å². The number of nitrogens with zero attached hydrogens (tertiary/aromatic N) is 1. The molecule has 1 saturated heterocycles. The van der Waals surface area contributed by atoms with E-state index in [-0.39, 0.29) is 0 Å². The van der Waals surface area contributed by atoms with Gasteiger partial charge in [0.25, 0.3) is 0 Å². The summed E-state index contributed by atoms with van der Waals surface area (Å²) in [4.78, 5) is 2.43. The Labute approximate surface area is 67.6 Å². The van der Waals surface area contributed by atoms with Gasteiger partial charge in [-0.15, -0.1) is 0 Å². The Morgan fingerprint density at radius 2 is 2.00 bits per heavy atom. The van der Waals surface area contributed by atoms with E-state index in [2.05, 4.69) is 42.2 Å². The van der Waals surface area contributed by atoms with Crippen molar-refractivity contribution < 1.29 is 0 Å². The zero-order chi connectivity index (χ0) is 7.68. The second-order valence-electron chi connectivity index (χ2n) is 3.17. The van der Waals surface area contributed by atoms with Gasteiger partial charge in [-0.3, -0.25) is 0 Å². The lowest BCUT2D eigenvalue weighted by Gasteiger charge is -2.40. The van der Waals surface area contributed by atoms with E-state index in [1.165, 1.54) is 18.7 Å². The van der Waals surface area contributed by atoms with Crippen LogP contribution in [-0.4, -0.2) is 12.6 Å². The standard InChI is InChI=1S/C10H13N/c1-9-7-8-11(9)10-5-3-2-4-6-10/h2-6,9H,7-8H2,1H3/t9-/m0/s1. The predicted octanol–water partition coefficient (Wildman–Crippen LogP) is 2.29. The molecule has 1 aromatic rings. The minimum atomic E-state index is 0.748. The maximum Gasteiger partial charge on any atom is 0.0368 e. The van der Waals surface area contributed by atoms with Crippen molar-refractivity contribution in [2.75, 3.05) is 11.4 Å². The lowest BCUT2D eigenvalue weighted by molar-refractivity contribution is 0.481. The van der Waals surface area contributed by atoms with Crippen LogP contribution in [0.3, 0.4) is 0 Å². The summed E-state index contributed by atoms with van der Waals surface area (Å²) in [5.41, 5.74) is 1.37. The van der Waals surface area contributed by atoms with E-state index in [9.17, 15) is 0 Å². The number of anilines is 1. The molecule has 0 radical (unpaired) electrons. The molecule has 1 heteroatoms. The third-order valence-corrected chi connectivity index (χ3v) is 2.41. The summed E-state index contributed by atoms with van der Waals surface area (Å²) < 4.78 is 0. The molecule has 1 aliphatic heterocycles. The third kappa shape index (κ3) is 1.11. The topological polar surface area (TPSA) is 3.24 Å². The van der Waals surface area contributed by atoms with Crippen LogP contribution in [0.1, 0.15) is 13.3 Å². The van der Waals surface area contributed by atoms with Crippen molar-refractivity contribution in [2.45, 2.75) is 19.4 Å². The lowest BCUT2D eigenvalue weighted by Crippen LogP contribution is -2.45. The average Bonchev–Trinajstić information content (AvgIpc) is 2.04. The van der Waals surface area contributed by atoms with E-state index in [1.807, 2.05) is 0 Å². The van der Waals surface area contributed by atoms with Gasteiger partial charge >= 0.3 is 0 Å². The fourth-order valence-electron chi connectivity index (χ4n) is 1.52. The zero-order valence-electron chi connectivity index (χ0n) is 6.83. The van der Waals surface area contributed by atoms with Crippen LogP contribution in [0, 0.1) is 0 Å². The van der Waals surface area contributed by atoms with Gasteiger partial charge in [0.2, 0.25) is 0 Å². The monoisotopic (exact) mass is 147 g/mol. The van der Waals surface area contributed by atoms with Crippen molar-refractivity contribution in [1.82, 2.24) is 0 Å². The van der Waals surface area contributed by atoms with Crippen LogP contribution in [0.4, 0.5) is 5.69 Å². The summed E-state index contributed by atoms with van der Waals surface area (Å²) in [6, 6.07) is 11.4. The molecule has 0 aromatic heterocycles. The largest absolute Gasteiger partial charge is 0.369 e. The van der Waals surface area contributed by atoms with E-state index in [4.69, 9.17) is 0 Å². The highest BCUT2D eigenvalue weighted by atomic mass is 15.2. The van der Waals surface area contributed by atoms with E-state index in [1.54, 1.807) is 0 Å². The van der Waals surface area contributed by atoms with Crippen molar-refractivity contribution in [3.8, 4) is 0 Å². The molecule has 0 aliphatic carbocycles. The molecule has 11 heavy (non-hydrogen) atoms. The van der Waals surface area contributed by atoms with Gasteiger partial charge in [-0.2, -0.15) is 0 Å². The Kier molecular flexibility index (Phi) is 1.57. The molecule has 1 nitrogen and oxygen atoms in total. The van der Waals surface area contributed by atoms with Crippen molar-refractivity contribution in [1.29, 1.82) is 0 Å². The van der Waals surface area contributed by atoms with Crippen molar-refractivity contribution in [2.24, 2.45) is 0 Å². The van der Waals surface area contributed by atoms with Crippen LogP contribution in [0.15, 0.2) is 30.3 Å². The molecule has 0 N–H and O–H groups in total. The first-order valence-electron chi connectivity index (χ1n) is 4.19. The Morgan fingerprint density at radius 1 is 1.27 bits per heavy atom. The first kappa shape index (κ1) is 6.71. The fraction of sp³-hybridized carbons (Fsp3) is 0.400. The molecule has 1 heterocycles. The first-order chi connectivity index (χ1) is 5.38. The molecule has 0 unspecified atom stereocenters. The van der Waals surface area contributed by atoms with Crippen molar-refractivity contribution >= 4 is 5.69 Å². The fourth-order valence-corrected chi connectivity index (χ4v) is 1.52. The normalized spacial score (nSPS) is 23.0. The maximum atomic E-state index is 2.43. The minimum absolute atomic E-state index is 0.748. The summed E-state index contributed by atoms with van der Waals surface area (Å²) in [5, 5.41) is 0. The second-order valence-corrected chi connectivity index (χ2v) is 3.17. The molecule has 0 amide bonds. The number of hydrogen-bond acceptors (Lipinski definition) is 1. The van der Waals surface area contributed by atoms with E-state index in [0.29, 0.717) is 0 Å². The Balaban J connectivity index is 2.17. The summed E-state index contributed by atoms with van der Waals surface area (Å²) in [5.74, 6) is 0. The summed E-state index contributed by atoms with van der Waals surface area (Å²) in [7, 11) is 0.